The molecule has 0 fully saturated rings. The number of para-hydroxylation sites is 1. The fraction of sp³-hybridized carbons (Fsp3) is 0.103. The Labute approximate surface area is 208 Å². The molecule has 1 atom stereocenters. The maximum Gasteiger partial charge on any atom is 0.177 e. The first-order chi connectivity index (χ1) is 17.7. The summed E-state index contributed by atoms with van der Waals surface area (Å²) in [4.78, 5) is 18.1. The molecule has 0 bridgehead atoms. The van der Waals surface area contributed by atoms with Crippen molar-refractivity contribution in [2.75, 3.05) is 12.4 Å². The lowest BCUT2D eigenvalue weighted by Gasteiger charge is -2.21. The van der Waals surface area contributed by atoms with Gasteiger partial charge in [-0.1, -0.05) is 36.4 Å². The monoisotopic (exact) mass is 473 g/mol. The van der Waals surface area contributed by atoms with Crippen molar-refractivity contribution in [1.82, 2.24) is 15.0 Å². The van der Waals surface area contributed by atoms with Gasteiger partial charge in [0.1, 0.15) is 5.75 Å². The second-order valence-electron chi connectivity index (χ2n) is 8.64. The van der Waals surface area contributed by atoms with Gasteiger partial charge in [-0.2, -0.15) is 0 Å². The highest BCUT2D eigenvalue weighted by Gasteiger charge is 2.30. The second kappa shape index (κ2) is 9.11. The van der Waals surface area contributed by atoms with Crippen molar-refractivity contribution < 1.29 is 9.84 Å². The van der Waals surface area contributed by atoms with Gasteiger partial charge in [-0.15, -0.1) is 0 Å². The Balaban J connectivity index is 1.39. The molecule has 2 aromatic carbocycles. The summed E-state index contributed by atoms with van der Waals surface area (Å²) in [5, 5.41) is 13.5. The SMILES string of the molecule is COc1ccc(CC2C=C(c3ncc(O)c(Nc4ccncc4)n3)C=C3C2=Nc2ccccc23)cc1. The van der Waals surface area contributed by atoms with E-state index in [1.54, 1.807) is 19.5 Å². The lowest BCUT2D eigenvalue weighted by Crippen LogP contribution is -2.18. The number of hydrogen-bond acceptors (Lipinski definition) is 7. The van der Waals surface area contributed by atoms with Gasteiger partial charge >= 0.3 is 0 Å². The molecule has 2 aliphatic rings. The van der Waals surface area contributed by atoms with Gasteiger partial charge in [-0.25, -0.2) is 9.97 Å². The lowest BCUT2D eigenvalue weighted by molar-refractivity contribution is 0.414. The molecule has 1 aliphatic heterocycles. The van der Waals surface area contributed by atoms with E-state index in [1.165, 1.54) is 11.8 Å². The molecule has 1 unspecified atom stereocenters. The number of fused-ring (bicyclic) bond motifs is 3. The van der Waals surface area contributed by atoms with Crippen LogP contribution >= 0.6 is 0 Å². The van der Waals surface area contributed by atoms with E-state index >= 15 is 0 Å². The van der Waals surface area contributed by atoms with Crippen molar-refractivity contribution in [3.8, 4) is 11.5 Å². The summed E-state index contributed by atoms with van der Waals surface area (Å²) in [6.45, 7) is 0. The molecule has 0 saturated carbocycles. The standard InChI is InChI=1S/C29H23N5O2/c1-36-22-8-6-18(7-9-22)14-19-15-20(16-24-23-4-2-3-5-25(23)33-27(19)24)28-31-17-26(35)29(34-28)32-21-10-12-30-13-11-21/h2-13,15-17,19,35H,14H2,1H3,(H,30,31,32,34). The van der Waals surface area contributed by atoms with Gasteiger partial charge in [0.15, 0.2) is 17.4 Å². The summed E-state index contributed by atoms with van der Waals surface area (Å²) in [5.74, 6) is 1.71. The number of allylic oxidation sites excluding steroid dienone is 4. The lowest BCUT2D eigenvalue weighted by atomic mass is 9.82. The van der Waals surface area contributed by atoms with Crippen LogP contribution in [0.3, 0.4) is 0 Å². The highest BCUT2D eigenvalue weighted by Crippen LogP contribution is 2.42. The number of nitrogens with zero attached hydrogens (tertiary/aromatic N) is 4. The number of aromatic nitrogens is 3. The van der Waals surface area contributed by atoms with E-state index in [4.69, 9.17) is 9.73 Å². The molecule has 0 radical (unpaired) electrons. The molecule has 36 heavy (non-hydrogen) atoms. The third-order valence-electron chi connectivity index (χ3n) is 6.33. The van der Waals surface area contributed by atoms with E-state index in [-0.39, 0.29) is 11.7 Å². The van der Waals surface area contributed by atoms with E-state index in [9.17, 15) is 5.11 Å². The van der Waals surface area contributed by atoms with Gasteiger partial charge in [-0.05, 0) is 48.4 Å². The molecule has 3 heterocycles. The third-order valence-corrected chi connectivity index (χ3v) is 6.33. The van der Waals surface area contributed by atoms with Crippen molar-refractivity contribution in [3.63, 3.8) is 0 Å². The maximum absolute atomic E-state index is 10.4. The second-order valence-corrected chi connectivity index (χ2v) is 8.64. The number of nitrogens with one attached hydrogen (secondary N) is 1. The first kappa shape index (κ1) is 21.7. The number of pyridine rings is 1. The first-order valence-electron chi connectivity index (χ1n) is 11.7. The fourth-order valence-electron chi connectivity index (χ4n) is 4.55. The molecular formula is C29H23N5O2. The van der Waals surface area contributed by atoms with Crippen LogP contribution in [0.25, 0.3) is 11.1 Å². The van der Waals surface area contributed by atoms with E-state index in [0.717, 1.165) is 46.0 Å². The number of anilines is 2. The van der Waals surface area contributed by atoms with Crippen molar-refractivity contribution in [2.24, 2.45) is 10.9 Å². The van der Waals surface area contributed by atoms with E-state index < -0.39 is 0 Å². The smallest absolute Gasteiger partial charge is 0.177 e. The topological polar surface area (TPSA) is 92.5 Å². The molecule has 1 aliphatic carbocycles. The zero-order valence-corrected chi connectivity index (χ0v) is 19.6. The molecule has 7 heteroatoms. The van der Waals surface area contributed by atoms with E-state index in [1.807, 2.05) is 42.5 Å². The Kier molecular flexibility index (Phi) is 5.50. The molecule has 0 saturated heterocycles. The van der Waals surface area contributed by atoms with Crippen molar-refractivity contribution in [2.45, 2.75) is 6.42 Å². The summed E-state index contributed by atoms with van der Waals surface area (Å²) >= 11 is 0. The molecule has 7 nitrogen and oxygen atoms in total. The van der Waals surface area contributed by atoms with Gasteiger partial charge in [0.05, 0.1) is 24.7 Å². The van der Waals surface area contributed by atoms with Gasteiger partial charge in [0.2, 0.25) is 0 Å². The third kappa shape index (κ3) is 4.11. The Morgan fingerprint density at radius 1 is 1.00 bits per heavy atom. The highest BCUT2D eigenvalue weighted by molar-refractivity contribution is 6.33. The predicted molar refractivity (Wildman–Crippen MR) is 141 cm³/mol. The van der Waals surface area contributed by atoms with Gasteiger partial charge in [0, 0.05) is 40.7 Å². The Morgan fingerprint density at radius 3 is 2.61 bits per heavy atom. The van der Waals surface area contributed by atoms with Crippen LogP contribution in [0.4, 0.5) is 17.2 Å². The van der Waals surface area contributed by atoms with Crippen LogP contribution in [0.1, 0.15) is 17.0 Å². The zero-order chi connectivity index (χ0) is 24.5. The summed E-state index contributed by atoms with van der Waals surface area (Å²) < 4.78 is 5.32. The number of aromatic hydroxyl groups is 1. The molecule has 0 spiro atoms. The number of hydrogen-bond donors (Lipinski definition) is 2. The Morgan fingerprint density at radius 2 is 1.81 bits per heavy atom. The molecule has 2 aromatic heterocycles. The summed E-state index contributed by atoms with van der Waals surface area (Å²) in [6, 6.07) is 19.9. The number of ether oxygens (including phenoxy) is 1. The van der Waals surface area contributed by atoms with Crippen LogP contribution < -0.4 is 10.1 Å². The Bertz CT molecular complexity index is 1530. The predicted octanol–water partition coefficient (Wildman–Crippen LogP) is 5.76. The molecule has 176 valence electrons. The van der Waals surface area contributed by atoms with Gasteiger partial charge in [0.25, 0.3) is 0 Å². The average Bonchev–Trinajstić information content (AvgIpc) is 3.30. The summed E-state index contributed by atoms with van der Waals surface area (Å²) in [7, 11) is 1.67. The minimum atomic E-state index is -0.0251. The van der Waals surface area contributed by atoms with Crippen LogP contribution in [-0.2, 0) is 6.42 Å². The highest BCUT2D eigenvalue weighted by atomic mass is 16.5. The van der Waals surface area contributed by atoms with E-state index in [2.05, 4.69) is 50.6 Å². The van der Waals surface area contributed by atoms with Crippen molar-refractivity contribution in [1.29, 1.82) is 0 Å². The number of aliphatic imine (C=N–C) groups is 1. The largest absolute Gasteiger partial charge is 0.503 e. The molecular weight excluding hydrogens is 450 g/mol. The van der Waals surface area contributed by atoms with Crippen LogP contribution in [0.5, 0.6) is 11.5 Å². The zero-order valence-electron chi connectivity index (χ0n) is 19.6. The quantitative estimate of drug-likeness (QED) is 0.370. The number of rotatable bonds is 6. The van der Waals surface area contributed by atoms with Gasteiger partial charge < -0.3 is 15.2 Å². The van der Waals surface area contributed by atoms with Crippen LogP contribution in [0, 0.1) is 5.92 Å². The van der Waals surface area contributed by atoms with E-state index in [0.29, 0.717) is 11.6 Å². The molecule has 4 aromatic rings. The molecule has 6 rings (SSSR count). The summed E-state index contributed by atoms with van der Waals surface area (Å²) in [6.07, 6.45) is 9.82. The fourth-order valence-corrected chi connectivity index (χ4v) is 4.55. The Hall–Kier alpha value is -4.78. The maximum atomic E-state index is 10.4. The van der Waals surface area contributed by atoms with Crippen LogP contribution in [0.15, 0.2) is 96.4 Å². The van der Waals surface area contributed by atoms with Crippen LogP contribution in [-0.4, -0.2) is 32.9 Å². The molecule has 2 N–H and O–H groups in total. The average molecular weight is 474 g/mol. The summed E-state index contributed by atoms with van der Waals surface area (Å²) in [5.41, 5.74) is 7.05. The minimum absolute atomic E-state index is 0.0251. The first-order valence-corrected chi connectivity index (χ1v) is 11.7. The minimum Gasteiger partial charge on any atom is -0.503 e. The van der Waals surface area contributed by atoms with Crippen molar-refractivity contribution in [3.05, 3.63) is 108 Å². The number of benzene rings is 2. The van der Waals surface area contributed by atoms with Crippen LogP contribution in [0.2, 0.25) is 0 Å². The molecule has 0 amide bonds. The number of methoxy groups -OCH3 is 1. The normalized spacial score (nSPS) is 15.8. The van der Waals surface area contributed by atoms with Gasteiger partial charge in [-0.3, -0.25) is 9.98 Å². The van der Waals surface area contributed by atoms with Crippen molar-refractivity contribution >= 4 is 34.1 Å².